The van der Waals surface area contributed by atoms with Crippen LogP contribution >= 0.6 is 0 Å². The van der Waals surface area contributed by atoms with Crippen LogP contribution in [-0.4, -0.2) is 48.5 Å². The highest BCUT2D eigenvalue weighted by Gasteiger charge is 2.15. The number of morpholine rings is 1. The molecule has 21 heavy (non-hydrogen) atoms. The topological polar surface area (TPSA) is 76.4 Å². The number of nitrogens with one attached hydrogen (secondary N) is 1. The monoisotopic (exact) mass is 288 g/mol. The van der Waals surface area contributed by atoms with Crippen LogP contribution in [0.5, 0.6) is 5.75 Å². The molecule has 1 aliphatic rings. The Morgan fingerprint density at radius 3 is 2.86 bits per heavy atom. The molecule has 0 radical (unpaired) electrons. The van der Waals surface area contributed by atoms with Gasteiger partial charge >= 0.3 is 0 Å². The Kier molecular flexibility index (Phi) is 4.08. The minimum Gasteiger partial charge on any atom is -0.496 e. The van der Waals surface area contributed by atoms with Crippen LogP contribution in [0.1, 0.15) is 5.56 Å². The largest absolute Gasteiger partial charge is 0.496 e. The van der Waals surface area contributed by atoms with E-state index >= 15 is 0 Å². The van der Waals surface area contributed by atoms with Crippen molar-refractivity contribution in [3.05, 3.63) is 30.0 Å². The lowest BCUT2D eigenvalue weighted by Gasteiger charge is -2.27. The van der Waals surface area contributed by atoms with Crippen molar-refractivity contribution in [3.8, 4) is 16.9 Å². The summed E-state index contributed by atoms with van der Waals surface area (Å²) in [5, 5.41) is 6.74. The molecule has 1 fully saturated rings. The number of benzene rings is 1. The van der Waals surface area contributed by atoms with E-state index in [0.29, 0.717) is 5.82 Å². The normalized spacial score (nSPS) is 16.0. The first kappa shape index (κ1) is 13.9. The van der Waals surface area contributed by atoms with Crippen molar-refractivity contribution in [1.29, 1.82) is 0 Å². The summed E-state index contributed by atoms with van der Waals surface area (Å²) >= 11 is 0. The number of anilines is 1. The SMILES string of the molecule is COc1ccc(-c2cn[nH]c2N)cc1CN1CCOCC1. The second-order valence-corrected chi connectivity index (χ2v) is 5.11. The van der Waals surface area contributed by atoms with Gasteiger partial charge in [-0.2, -0.15) is 5.10 Å². The number of rotatable bonds is 4. The number of H-pyrrole nitrogens is 1. The maximum Gasteiger partial charge on any atom is 0.126 e. The summed E-state index contributed by atoms with van der Waals surface area (Å²) in [7, 11) is 1.70. The van der Waals surface area contributed by atoms with Crippen LogP contribution in [0.25, 0.3) is 11.1 Å². The first-order chi connectivity index (χ1) is 10.3. The molecule has 6 nitrogen and oxygen atoms in total. The third-order valence-electron chi connectivity index (χ3n) is 3.76. The molecule has 6 heteroatoms. The van der Waals surface area contributed by atoms with E-state index in [-0.39, 0.29) is 0 Å². The molecule has 1 aromatic heterocycles. The van der Waals surface area contributed by atoms with E-state index in [9.17, 15) is 0 Å². The Morgan fingerprint density at radius 2 is 2.19 bits per heavy atom. The molecule has 2 heterocycles. The van der Waals surface area contributed by atoms with Gasteiger partial charge in [0.1, 0.15) is 11.6 Å². The molecule has 3 rings (SSSR count). The zero-order valence-electron chi connectivity index (χ0n) is 12.1. The van der Waals surface area contributed by atoms with E-state index in [4.69, 9.17) is 15.2 Å². The summed E-state index contributed by atoms with van der Waals surface area (Å²) in [5.41, 5.74) is 9.02. The van der Waals surface area contributed by atoms with Gasteiger partial charge in [-0.15, -0.1) is 0 Å². The molecule has 0 saturated carbocycles. The minimum atomic E-state index is 0.581. The van der Waals surface area contributed by atoms with E-state index in [0.717, 1.165) is 55.3 Å². The van der Waals surface area contributed by atoms with Crippen LogP contribution in [0.4, 0.5) is 5.82 Å². The fraction of sp³-hybridized carbons (Fsp3) is 0.400. The smallest absolute Gasteiger partial charge is 0.126 e. The van der Waals surface area contributed by atoms with Gasteiger partial charge in [0.2, 0.25) is 0 Å². The number of nitrogens with two attached hydrogens (primary N) is 1. The molecular formula is C15H20N4O2. The van der Waals surface area contributed by atoms with Crippen LogP contribution in [-0.2, 0) is 11.3 Å². The number of nitrogens with zero attached hydrogens (tertiary/aromatic N) is 2. The first-order valence-corrected chi connectivity index (χ1v) is 7.04. The predicted molar refractivity (Wildman–Crippen MR) is 81.1 cm³/mol. The highest BCUT2D eigenvalue weighted by molar-refractivity contribution is 5.74. The van der Waals surface area contributed by atoms with Crippen LogP contribution < -0.4 is 10.5 Å². The number of aromatic nitrogens is 2. The van der Waals surface area contributed by atoms with E-state index in [1.807, 2.05) is 12.1 Å². The van der Waals surface area contributed by atoms with Crippen molar-refractivity contribution in [2.45, 2.75) is 6.54 Å². The van der Waals surface area contributed by atoms with Crippen molar-refractivity contribution < 1.29 is 9.47 Å². The summed E-state index contributed by atoms with van der Waals surface area (Å²) < 4.78 is 10.9. The van der Waals surface area contributed by atoms with E-state index in [1.165, 1.54) is 0 Å². The molecule has 0 spiro atoms. The molecule has 2 aromatic rings. The number of hydrogen-bond donors (Lipinski definition) is 2. The number of aromatic amines is 1. The average molecular weight is 288 g/mol. The average Bonchev–Trinajstić information content (AvgIpc) is 2.94. The summed E-state index contributed by atoms with van der Waals surface area (Å²) in [5.74, 6) is 1.48. The Hall–Kier alpha value is -2.05. The third kappa shape index (κ3) is 3.01. The maximum atomic E-state index is 5.90. The highest BCUT2D eigenvalue weighted by Crippen LogP contribution is 2.29. The summed E-state index contributed by atoms with van der Waals surface area (Å²) in [6.45, 7) is 4.31. The lowest BCUT2D eigenvalue weighted by molar-refractivity contribution is 0.0339. The molecule has 0 bridgehead atoms. The lowest BCUT2D eigenvalue weighted by atomic mass is 10.0. The predicted octanol–water partition coefficient (Wildman–Crippen LogP) is 1.50. The van der Waals surface area contributed by atoms with Gasteiger partial charge < -0.3 is 15.2 Å². The third-order valence-corrected chi connectivity index (χ3v) is 3.76. The molecule has 1 aliphatic heterocycles. The zero-order valence-corrected chi connectivity index (χ0v) is 12.1. The molecule has 112 valence electrons. The molecule has 0 amide bonds. The maximum absolute atomic E-state index is 5.90. The molecule has 1 aromatic carbocycles. The van der Waals surface area contributed by atoms with Gasteiger partial charge in [0, 0.05) is 30.8 Å². The Balaban J connectivity index is 1.88. The summed E-state index contributed by atoms with van der Waals surface area (Å²) in [6, 6.07) is 6.11. The molecule has 0 unspecified atom stereocenters. The number of hydrogen-bond acceptors (Lipinski definition) is 5. The fourth-order valence-corrected chi connectivity index (χ4v) is 2.60. The van der Waals surface area contributed by atoms with E-state index in [2.05, 4.69) is 21.2 Å². The van der Waals surface area contributed by atoms with Crippen molar-refractivity contribution >= 4 is 5.82 Å². The van der Waals surface area contributed by atoms with Gasteiger partial charge in [0.15, 0.2) is 0 Å². The van der Waals surface area contributed by atoms with Gasteiger partial charge in [-0.3, -0.25) is 10.00 Å². The van der Waals surface area contributed by atoms with Crippen LogP contribution in [0.2, 0.25) is 0 Å². The minimum absolute atomic E-state index is 0.581. The highest BCUT2D eigenvalue weighted by atomic mass is 16.5. The van der Waals surface area contributed by atoms with Crippen molar-refractivity contribution in [1.82, 2.24) is 15.1 Å². The Bertz CT molecular complexity index is 605. The lowest BCUT2D eigenvalue weighted by Crippen LogP contribution is -2.35. The standard InChI is InChI=1S/C15H20N4O2/c1-20-14-3-2-11(13-9-17-18-15(13)16)8-12(14)10-19-4-6-21-7-5-19/h2-3,8-9H,4-7,10H2,1H3,(H3,16,17,18). The number of ether oxygens (including phenoxy) is 2. The quantitative estimate of drug-likeness (QED) is 0.891. The van der Waals surface area contributed by atoms with Crippen LogP contribution in [0.15, 0.2) is 24.4 Å². The Morgan fingerprint density at radius 1 is 1.38 bits per heavy atom. The zero-order chi connectivity index (χ0) is 14.7. The summed E-state index contributed by atoms with van der Waals surface area (Å²) in [4.78, 5) is 2.36. The first-order valence-electron chi connectivity index (χ1n) is 7.04. The van der Waals surface area contributed by atoms with Gasteiger partial charge in [0.05, 0.1) is 26.5 Å². The molecule has 0 aliphatic carbocycles. The van der Waals surface area contributed by atoms with Crippen LogP contribution in [0, 0.1) is 0 Å². The Labute approximate surface area is 123 Å². The van der Waals surface area contributed by atoms with Gasteiger partial charge in [-0.25, -0.2) is 0 Å². The molecule has 1 saturated heterocycles. The van der Waals surface area contributed by atoms with Crippen molar-refractivity contribution in [2.75, 3.05) is 39.1 Å². The molecule has 0 atom stereocenters. The van der Waals surface area contributed by atoms with Gasteiger partial charge in [-0.1, -0.05) is 6.07 Å². The van der Waals surface area contributed by atoms with Crippen molar-refractivity contribution in [3.63, 3.8) is 0 Å². The number of methoxy groups -OCH3 is 1. The summed E-state index contributed by atoms with van der Waals surface area (Å²) in [6.07, 6.45) is 1.75. The molecular weight excluding hydrogens is 268 g/mol. The van der Waals surface area contributed by atoms with E-state index in [1.54, 1.807) is 13.3 Å². The number of nitrogen functional groups attached to an aromatic ring is 1. The molecule has 3 N–H and O–H groups in total. The van der Waals surface area contributed by atoms with Gasteiger partial charge in [0.25, 0.3) is 0 Å². The van der Waals surface area contributed by atoms with Crippen LogP contribution in [0.3, 0.4) is 0 Å². The van der Waals surface area contributed by atoms with Crippen molar-refractivity contribution in [2.24, 2.45) is 0 Å². The fourth-order valence-electron chi connectivity index (χ4n) is 2.60. The second kappa shape index (κ2) is 6.15. The van der Waals surface area contributed by atoms with E-state index < -0.39 is 0 Å². The van der Waals surface area contributed by atoms with Gasteiger partial charge in [-0.05, 0) is 17.7 Å². The second-order valence-electron chi connectivity index (χ2n) is 5.11.